The van der Waals surface area contributed by atoms with Crippen LogP contribution in [0.3, 0.4) is 0 Å². The molecule has 1 saturated carbocycles. The van der Waals surface area contributed by atoms with Gasteiger partial charge in [0, 0.05) is 39.1 Å². The van der Waals surface area contributed by atoms with Crippen LogP contribution in [0.5, 0.6) is 0 Å². The first-order valence-electron chi connectivity index (χ1n) is 7.55. The molecule has 6 heteroatoms. The highest BCUT2D eigenvalue weighted by molar-refractivity contribution is 5.86. The molecule has 0 aromatic heterocycles. The highest BCUT2D eigenvalue weighted by Gasteiger charge is 2.36. The number of hydrogen-bond acceptors (Lipinski definition) is 4. The lowest BCUT2D eigenvalue weighted by Crippen LogP contribution is -2.52. The summed E-state index contributed by atoms with van der Waals surface area (Å²) in [6.07, 6.45) is 3.91. The van der Waals surface area contributed by atoms with Gasteiger partial charge in [0.25, 0.3) is 0 Å². The summed E-state index contributed by atoms with van der Waals surface area (Å²) in [4.78, 5) is 28.1. The maximum atomic E-state index is 12.0. The van der Waals surface area contributed by atoms with Crippen molar-refractivity contribution in [3.8, 4) is 0 Å². The Bertz CT molecular complexity index is 358. The summed E-state index contributed by atoms with van der Waals surface area (Å²) in [6.45, 7) is 3.80. The van der Waals surface area contributed by atoms with Gasteiger partial charge in [-0.2, -0.15) is 0 Å². The van der Waals surface area contributed by atoms with Crippen molar-refractivity contribution in [2.75, 3.05) is 39.8 Å². The Hall–Kier alpha value is -1.14. The van der Waals surface area contributed by atoms with Crippen LogP contribution in [0.15, 0.2) is 0 Å². The van der Waals surface area contributed by atoms with Crippen molar-refractivity contribution in [3.05, 3.63) is 0 Å². The molecule has 3 N–H and O–H groups in total. The average molecular weight is 282 g/mol. The average Bonchev–Trinajstić information content (AvgIpc) is 2.87. The van der Waals surface area contributed by atoms with Crippen molar-refractivity contribution < 1.29 is 9.59 Å². The number of nitrogens with zero attached hydrogens (tertiary/aromatic N) is 2. The minimum atomic E-state index is -0.698. The molecule has 0 spiro atoms. The highest BCUT2D eigenvalue weighted by atomic mass is 16.2. The number of likely N-dealkylation sites (N-methyl/N-ethyl adjacent to an activating group) is 1. The summed E-state index contributed by atoms with van der Waals surface area (Å²) in [5.41, 5.74) is 5.37. The van der Waals surface area contributed by atoms with E-state index in [2.05, 4.69) is 17.3 Å². The second kappa shape index (κ2) is 6.54. The Labute approximate surface area is 120 Å². The minimum absolute atomic E-state index is 0.0961. The molecule has 1 aliphatic heterocycles. The van der Waals surface area contributed by atoms with Crippen molar-refractivity contribution in [1.82, 2.24) is 15.1 Å². The lowest BCUT2D eigenvalue weighted by atomic mass is 9.98. The predicted octanol–water partition coefficient (Wildman–Crippen LogP) is -0.462. The van der Waals surface area contributed by atoms with Gasteiger partial charge in [-0.05, 0) is 19.9 Å². The maximum Gasteiger partial charge on any atom is 0.240 e. The fourth-order valence-electron chi connectivity index (χ4n) is 2.91. The molecule has 1 heterocycles. The highest BCUT2D eigenvalue weighted by Crippen LogP contribution is 2.27. The summed E-state index contributed by atoms with van der Waals surface area (Å²) in [7, 11) is 2.06. The van der Waals surface area contributed by atoms with Crippen LogP contribution in [0.25, 0.3) is 0 Å². The first-order chi connectivity index (χ1) is 9.51. The Kier molecular flexibility index (Phi) is 4.99. The molecule has 0 aromatic rings. The molecular weight excluding hydrogens is 256 g/mol. The topological polar surface area (TPSA) is 78.7 Å². The van der Waals surface area contributed by atoms with Gasteiger partial charge < -0.3 is 20.9 Å². The molecule has 0 atom stereocenters. The van der Waals surface area contributed by atoms with E-state index in [1.165, 1.54) is 0 Å². The van der Waals surface area contributed by atoms with Crippen LogP contribution in [0.2, 0.25) is 0 Å². The van der Waals surface area contributed by atoms with E-state index in [0.717, 1.165) is 51.9 Å². The van der Waals surface area contributed by atoms with Crippen LogP contribution in [-0.2, 0) is 9.59 Å². The SMILES string of the molecule is CN1CCN(C(=O)CCNC(=O)C2(N)CCCC2)CC1. The largest absolute Gasteiger partial charge is 0.354 e. The summed E-state index contributed by atoms with van der Waals surface area (Å²) >= 11 is 0. The first-order valence-corrected chi connectivity index (χ1v) is 7.55. The molecule has 0 radical (unpaired) electrons. The third-order valence-electron chi connectivity index (χ3n) is 4.43. The van der Waals surface area contributed by atoms with Crippen LogP contribution in [0, 0.1) is 0 Å². The summed E-state index contributed by atoms with van der Waals surface area (Å²) in [5.74, 6) is 0.0251. The molecule has 2 fully saturated rings. The number of hydrogen-bond donors (Lipinski definition) is 2. The zero-order valence-electron chi connectivity index (χ0n) is 12.4. The lowest BCUT2D eigenvalue weighted by molar-refractivity contribution is -0.133. The van der Waals surface area contributed by atoms with Gasteiger partial charge in [0.15, 0.2) is 0 Å². The lowest BCUT2D eigenvalue weighted by Gasteiger charge is -2.32. The van der Waals surface area contributed by atoms with Gasteiger partial charge in [0.2, 0.25) is 11.8 Å². The van der Waals surface area contributed by atoms with Crippen molar-refractivity contribution in [2.24, 2.45) is 5.73 Å². The minimum Gasteiger partial charge on any atom is -0.354 e. The number of piperazine rings is 1. The molecule has 2 rings (SSSR count). The van der Waals surface area contributed by atoms with Gasteiger partial charge >= 0.3 is 0 Å². The van der Waals surface area contributed by atoms with Crippen molar-refractivity contribution in [3.63, 3.8) is 0 Å². The third kappa shape index (κ3) is 3.70. The van der Waals surface area contributed by atoms with Crippen LogP contribution in [0.1, 0.15) is 32.1 Å². The molecule has 2 amide bonds. The molecule has 6 nitrogen and oxygen atoms in total. The van der Waals surface area contributed by atoms with Crippen LogP contribution in [-0.4, -0.2) is 66.9 Å². The van der Waals surface area contributed by atoms with E-state index in [1.807, 2.05) is 4.90 Å². The zero-order valence-corrected chi connectivity index (χ0v) is 12.4. The number of carbonyl (C=O) groups excluding carboxylic acids is 2. The maximum absolute atomic E-state index is 12.0. The fourth-order valence-corrected chi connectivity index (χ4v) is 2.91. The van der Waals surface area contributed by atoms with E-state index in [-0.39, 0.29) is 11.8 Å². The second-order valence-electron chi connectivity index (χ2n) is 6.05. The number of nitrogens with one attached hydrogen (secondary N) is 1. The van der Waals surface area contributed by atoms with Crippen molar-refractivity contribution in [1.29, 1.82) is 0 Å². The van der Waals surface area contributed by atoms with E-state index >= 15 is 0 Å². The monoisotopic (exact) mass is 282 g/mol. The van der Waals surface area contributed by atoms with Crippen LogP contribution >= 0.6 is 0 Å². The van der Waals surface area contributed by atoms with Crippen molar-refractivity contribution in [2.45, 2.75) is 37.6 Å². The molecule has 0 bridgehead atoms. The van der Waals surface area contributed by atoms with Gasteiger partial charge in [-0.15, -0.1) is 0 Å². The quantitative estimate of drug-likeness (QED) is 0.731. The van der Waals surface area contributed by atoms with E-state index < -0.39 is 5.54 Å². The van der Waals surface area contributed by atoms with Gasteiger partial charge in [0.1, 0.15) is 0 Å². The van der Waals surface area contributed by atoms with E-state index in [4.69, 9.17) is 5.73 Å². The van der Waals surface area contributed by atoms with Gasteiger partial charge in [-0.3, -0.25) is 9.59 Å². The van der Waals surface area contributed by atoms with Gasteiger partial charge in [-0.1, -0.05) is 12.8 Å². The molecular formula is C14H26N4O2. The van der Waals surface area contributed by atoms with Crippen LogP contribution < -0.4 is 11.1 Å². The Morgan fingerprint density at radius 2 is 1.75 bits per heavy atom. The zero-order chi connectivity index (χ0) is 14.6. The predicted molar refractivity (Wildman–Crippen MR) is 77.1 cm³/mol. The van der Waals surface area contributed by atoms with Crippen molar-refractivity contribution >= 4 is 11.8 Å². The number of nitrogens with two attached hydrogens (primary N) is 1. The number of carbonyl (C=O) groups is 2. The Morgan fingerprint density at radius 3 is 2.35 bits per heavy atom. The number of rotatable bonds is 4. The van der Waals surface area contributed by atoms with Gasteiger partial charge in [0.05, 0.1) is 5.54 Å². The first kappa shape index (κ1) is 15.3. The second-order valence-corrected chi connectivity index (χ2v) is 6.05. The molecule has 1 saturated heterocycles. The molecule has 0 unspecified atom stereocenters. The molecule has 114 valence electrons. The Morgan fingerprint density at radius 1 is 1.15 bits per heavy atom. The number of amides is 2. The smallest absolute Gasteiger partial charge is 0.240 e. The Balaban J connectivity index is 1.67. The van der Waals surface area contributed by atoms with E-state index in [9.17, 15) is 9.59 Å². The summed E-state index contributed by atoms with van der Waals surface area (Å²) in [5, 5.41) is 2.82. The summed E-state index contributed by atoms with van der Waals surface area (Å²) in [6, 6.07) is 0. The molecule has 0 aromatic carbocycles. The molecule has 2 aliphatic rings. The molecule has 20 heavy (non-hydrogen) atoms. The van der Waals surface area contributed by atoms with E-state index in [0.29, 0.717) is 13.0 Å². The summed E-state index contributed by atoms with van der Waals surface area (Å²) < 4.78 is 0. The molecule has 1 aliphatic carbocycles. The van der Waals surface area contributed by atoms with Crippen LogP contribution in [0.4, 0.5) is 0 Å². The fraction of sp³-hybridized carbons (Fsp3) is 0.857. The third-order valence-corrected chi connectivity index (χ3v) is 4.43. The van der Waals surface area contributed by atoms with E-state index in [1.54, 1.807) is 0 Å². The van der Waals surface area contributed by atoms with Gasteiger partial charge in [-0.25, -0.2) is 0 Å². The normalized spacial score (nSPS) is 22.8. The standard InChI is InChI=1S/C14H26N4O2/c1-17-8-10-18(11-9-17)12(19)4-7-16-13(20)14(15)5-2-3-6-14/h2-11,15H2,1H3,(H,16,20).